The molecule has 2 rings (SSSR count). The highest BCUT2D eigenvalue weighted by molar-refractivity contribution is 9.10. The highest BCUT2D eigenvalue weighted by Gasteiger charge is 2.30. The molecule has 118 valence electrons. The molecule has 2 aromatic rings. The lowest BCUT2D eigenvalue weighted by atomic mass is 10.3. The van der Waals surface area contributed by atoms with Crippen LogP contribution in [0.4, 0.5) is 13.2 Å². The van der Waals surface area contributed by atoms with Crippen molar-refractivity contribution in [3.63, 3.8) is 0 Å². The van der Waals surface area contributed by atoms with Crippen molar-refractivity contribution in [3.8, 4) is 0 Å². The van der Waals surface area contributed by atoms with Crippen molar-refractivity contribution in [2.45, 2.75) is 17.7 Å². The fraction of sp³-hybridized carbons (Fsp3) is 0.231. The van der Waals surface area contributed by atoms with Crippen molar-refractivity contribution in [1.29, 1.82) is 0 Å². The highest BCUT2D eigenvalue weighted by atomic mass is 79.9. The van der Waals surface area contributed by atoms with Crippen LogP contribution in [-0.4, -0.2) is 16.6 Å². The van der Waals surface area contributed by atoms with Crippen molar-refractivity contribution < 1.29 is 18.0 Å². The first-order valence-corrected chi connectivity index (χ1v) is 8.66. The van der Waals surface area contributed by atoms with E-state index in [-0.39, 0.29) is 11.7 Å². The van der Waals surface area contributed by atoms with Gasteiger partial charge in [-0.15, -0.1) is 11.3 Å². The molecule has 3 nitrogen and oxygen atoms in total. The summed E-state index contributed by atoms with van der Waals surface area (Å²) in [6, 6.07) is 4.13. The van der Waals surface area contributed by atoms with Gasteiger partial charge in [-0.3, -0.25) is 4.79 Å². The van der Waals surface area contributed by atoms with Crippen LogP contribution in [0.2, 0.25) is 0 Å². The summed E-state index contributed by atoms with van der Waals surface area (Å²) < 4.78 is 38.1. The van der Waals surface area contributed by atoms with Crippen molar-refractivity contribution >= 4 is 44.9 Å². The Balaban J connectivity index is 1.78. The summed E-state index contributed by atoms with van der Waals surface area (Å²) in [6.45, 7) is 0.427. The van der Waals surface area contributed by atoms with Crippen LogP contribution in [0.5, 0.6) is 0 Å². The molecule has 0 aliphatic carbocycles. The Hall–Kier alpha value is -1.06. The molecule has 0 radical (unpaired) electrons. The normalized spacial score (nSPS) is 11.5. The molecule has 1 amide bonds. The van der Waals surface area contributed by atoms with Crippen LogP contribution < -0.4 is 5.32 Å². The summed E-state index contributed by atoms with van der Waals surface area (Å²) in [6.07, 6.45) is -3.63. The van der Waals surface area contributed by atoms with Gasteiger partial charge in [-0.05, 0) is 34.1 Å². The third-order valence-electron chi connectivity index (χ3n) is 2.50. The highest BCUT2D eigenvalue weighted by Crippen LogP contribution is 2.29. The smallest absolute Gasteiger partial charge is 0.350 e. The molecule has 1 N–H and O–H groups in total. The number of carbonyl (C=O) groups excluding carboxylic acids is 1. The average Bonchev–Trinajstić information content (AvgIpc) is 2.88. The second kappa shape index (κ2) is 7.47. The minimum Gasteiger partial charge on any atom is -0.350 e. The second-order valence-corrected chi connectivity index (χ2v) is 7.09. The maximum absolute atomic E-state index is 12.4. The topological polar surface area (TPSA) is 42.0 Å². The van der Waals surface area contributed by atoms with Crippen LogP contribution in [0, 0.1) is 0 Å². The molecule has 0 spiro atoms. The van der Waals surface area contributed by atoms with Gasteiger partial charge in [-0.2, -0.15) is 13.2 Å². The molecule has 0 atom stereocenters. The minimum absolute atomic E-state index is 0.102. The molecular weight excluding hydrogens is 401 g/mol. The molecular formula is C13H10BrF3N2OS2. The van der Waals surface area contributed by atoms with Crippen molar-refractivity contribution in [2.75, 3.05) is 5.75 Å². The molecule has 0 saturated carbocycles. The molecule has 2 aromatic heterocycles. The fourth-order valence-corrected chi connectivity index (χ4v) is 3.52. The summed E-state index contributed by atoms with van der Waals surface area (Å²) >= 11 is 5.94. The fourth-order valence-electron chi connectivity index (χ4n) is 1.46. The molecule has 0 unspecified atom stereocenters. The van der Waals surface area contributed by atoms with E-state index in [9.17, 15) is 18.0 Å². The lowest BCUT2D eigenvalue weighted by molar-refractivity contribution is -0.137. The molecule has 22 heavy (non-hydrogen) atoms. The number of hydrogen-bond acceptors (Lipinski definition) is 4. The number of alkyl halides is 3. The maximum Gasteiger partial charge on any atom is 0.417 e. The zero-order valence-corrected chi connectivity index (χ0v) is 14.2. The van der Waals surface area contributed by atoms with Crippen LogP contribution in [0.1, 0.15) is 10.4 Å². The van der Waals surface area contributed by atoms with Gasteiger partial charge in [0, 0.05) is 20.9 Å². The van der Waals surface area contributed by atoms with Crippen LogP contribution in [0.15, 0.2) is 39.3 Å². The largest absolute Gasteiger partial charge is 0.417 e. The summed E-state index contributed by atoms with van der Waals surface area (Å²) in [4.78, 5) is 16.4. The Morgan fingerprint density at radius 1 is 1.41 bits per heavy atom. The van der Waals surface area contributed by atoms with Gasteiger partial charge < -0.3 is 5.32 Å². The van der Waals surface area contributed by atoms with E-state index in [0.29, 0.717) is 11.6 Å². The molecule has 2 heterocycles. The van der Waals surface area contributed by atoms with E-state index >= 15 is 0 Å². The molecule has 0 aliphatic heterocycles. The number of rotatable bonds is 5. The first-order valence-electron chi connectivity index (χ1n) is 6.00. The van der Waals surface area contributed by atoms with Crippen LogP contribution in [0.25, 0.3) is 0 Å². The third kappa shape index (κ3) is 5.29. The van der Waals surface area contributed by atoms with E-state index in [2.05, 4.69) is 26.2 Å². The maximum atomic E-state index is 12.4. The number of aromatic nitrogens is 1. The van der Waals surface area contributed by atoms with Gasteiger partial charge in [-0.1, -0.05) is 11.8 Å². The number of pyridine rings is 1. The Kier molecular flexibility index (Phi) is 5.87. The first-order chi connectivity index (χ1) is 10.3. The van der Waals surface area contributed by atoms with Crippen LogP contribution in [0.3, 0.4) is 0 Å². The number of thioether (sulfide) groups is 1. The van der Waals surface area contributed by atoms with Crippen molar-refractivity contribution in [1.82, 2.24) is 10.3 Å². The van der Waals surface area contributed by atoms with Gasteiger partial charge in [0.15, 0.2) is 0 Å². The zero-order valence-electron chi connectivity index (χ0n) is 11.0. The van der Waals surface area contributed by atoms with E-state index in [1.807, 2.05) is 11.4 Å². The summed E-state index contributed by atoms with van der Waals surface area (Å²) in [5.74, 6) is -0.0959. The molecule has 0 bridgehead atoms. The van der Waals surface area contributed by atoms with Gasteiger partial charge in [0.05, 0.1) is 22.9 Å². The van der Waals surface area contributed by atoms with Crippen LogP contribution >= 0.6 is 39.0 Å². The number of amides is 1. The SMILES string of the molecule is O=C(CSc1ccc(C(F)(F)F)cn1)NCc1cc(Br)cs1. The monoisotopic (exact) mass is 410 g/mol. The minimum atomic E-state index is -4.40. The predicted octanol–water partition coefficient (Wildman–Crippen LogP) is 4.33. The van der Waals surface area contributed by atoms with Crippen molar-refractivity contribution in [3.05, 3.63) is 44.7 Å². The van der Waals surface area contributed by atoms with Crippen molar-refractivity contribution in [2.24, 2.45) is 0 Å². The van der Waals surface area contributed by atoms with Gasteiger partial charge in [-0.25, -0.2) is 4.98 Å². The average molecular weight is 411 g/mol. The zero-order chi connectivity index (χ0) is 16.2. The Labute approximate surface area is 141 Å². The van der Waals surface area contributed by atoms with Gasteiger partial charge in [0.25, 0.3) is 0 Å². The Morgan fingerprint density at radius 2 is 2.18 bits per heavy atom. The molecule has 9 heteroatoms. The Morgan fingerprint density at radius 3 is 2.73 bits per heavy atom. The number of nitrogens with one attached hydrogen (secondary N) is 1. The quantitative estimate of drug-likeness (QED) is 0.745. The standard InChI is InChI=1S/C13H10BrF3N2OS2/c14-9-3-10(21-6-9)5-18-11(20)7-22-12-2-1-8(4-19-12)13(15,16)17/h1-4,6H,5,7H2,(H,18,20). The van der Waals surface area contributed by atoms with Gasteiger partial charge in [0.2, 0.25) is 5.91 Å². The predicted molar refractivity (Wildman–Crippen MR) is 83.8 cm³/mol. The molecule has 0 aromatic carbocycles. The first kappa shape index (κ1) is 17.3. The number of halogens is 4. The Bertz CT molecular complexity index is 643. The summed E-state index contributed by atoms with van der Waals surface area (Å²) in [5, 5.41) is 5.04. The van der Waals surface area contributed by atoms with E-state index in [4.69, 9.17) is 0 Å². The lowest BCUT2D eigenvalue weighted by Gasteiger charge is -2.07. The van der Waals surface area contributed by atoms with E-state index in [1.165, 1.54) is 17.4 Å². The van der Waals surface area contributed by atoms with E-state index < -0.39 is 11.7 Å². The number of hydrogen-bond donors (Lipinski definition) is 1. The van der Waals surface area contributed by atoms with E-state index in [1.54, 1.807) is 0 Å². The number of carbonyl (C=O) groups is 1. The van der Waals surface area contributed by atoms with Gasteiger partial charge >= 0.3 is 6.18 Å². The third-order valence-corrected chi connectivity index (χ3v) is 5.14. The summed E-state index contributed by atoms with van der Waals surface area (Å²) in [5.41, 5.74) is -0.801. The number of nitrogens with zero attached hydrogens (tertiary/aromatic N) is 1. The van der Waals surface area contributed by atoms with Crippen LogP contribution in [-0.2, 0) is 17.5 Å². The number of thiophene rings is 1. The van der Waals surface area contributed by atoms with E-state index in [0.717, 1.165) is 33.4 Å². The second-order valence-electron chi connectivity index (χ2n) is 4.18. The van der Waals surface area contributed by atoms with Gasteiger partial charge in [0.1, 0.15) is 0 Å². The summed E-state index contributed by atoms with van der Waals surface area (Å²) in [7, 11) is 0. The molecule has 0 fully saturated rings. The molecule has 0 saturated heterocycles. The molecule has 0 aliphatic rings. The lowest BCUT2D eigenvalue weighted by Crippen LogP contribution is -2.24.